The molecule has 0 saturated carbocycles. The number of pyridine rings is 2. The second-order valence-electron chi connectivity index (χ2n) is 9.66. The lowest BCUT2D eigenvalue weighted by molar-refractivity contribution is 0.223. The van der Waals surface area contributed by atoms with Gasteiger partial charge in [0.1, 0.15) is 35.2 Å². The van der Waals surface area contributed by atoms with Gasteiger partial charge in [-0.25, -0.2) is 22.9 Å². The lowest BCUT2D eigenvalue weighted by Gasteiger charge is -2.20. The number of aromatic nitrogens is 2. The number of fused-ring (bicyclic) bond motifs is 1. The topological polar surface area (TPSA) is 88.5 Å². The summed E-state index contributed by atoms with van der Waals surface area (Å²) >= 11 is 0. The van der Waals surface area contributed by atoms with Gasteiger partial charge in [-0.1, -0.05) is 39.3 Å². The minimum atomic E-state index is -1.29. The maximum Gasteiger partial charge on any atom is 0.324 e. The number of carbonyl (C=O) groups excluding carboxylic acids is 1. The number of unbranched alkanes of at least 4 members (excludes halogenated alkanes) is 1. The molecule has 4 aromatic rings. The van der Waals surface area contributed by atoms with E-state index in [2.05, 4.69) is 34.4 Å². The van der Waals surface area contributed by atoms with Crippen LogP contribution >= 0.6 is 0 Å². The Hall–Kier alpha value is -4.38. The van der Waals surface area contributed by atoms with Crippen molar-refractivity contribution in [2.75, 3.05) is 36.9 Å². The smallest absolute Gasteiger partial charge is 0.324 e. The number of nitrogens with one attached hydrogen (secondary N) is 2. The van der Waals surface area contributed by atoms with Crippen molar-refractivity contribution >= 4 is 28.4 Å². The van der Waals surface area contributed by atoms with Crippen LogP contribution in [-0.2, 0) is 6.54 Å². The predicted molar refractivity (Wildman–Crippen MR) is 159 cm³/mol. The summed E-state index contributed by atoms with van der Waals surface area (Å²) in [4.78, 5) is 33.7. The van der Waals surface area contributed by atoms with E-state index in [1.165, 1.54) is 4.57 Å². The van der Waals surface area contributed by atoms with Gasteiger partial charge in [0, 0.05) is 42.4 Å². The van der Waals surface area contributed by atoms with Gasteiger partial charge >= 0.3 is 6.03 Å². The zero-order valence-electron chi connectivity index (χ0n) is 23.8. The van der Waals surface area contributed by atoms with Gasteiger partial charge in [-0.3, -0.25) is 9.36 Å². The normalized spacial score (nSPS) is 11.2. The Balaban J connectivity index is 1.79. The third-order valence-corrected chi connectivity index (χ3v) is 6.93. The summed E-state index contributed by atoms with van der Waals surface area (Å²) in [5.74, 6) is -3.14. The number of carbonyl (C=O) groups is 1. The van der Waals surface area contributed by atoms with Crippen LogP contribution in [0.5, 0.6) is 5.75 Å². The van der Waals surface area contributed by atoms with E-state index < -0.39 is 34.7 Å². The third kappa shape index (κ3) is 6.91. The molecule has 0 bridgehead atoms. The summed E-state index contributed by atoms with van der Waals surface area (Å²) in [6.45, 7) is 9.47. The summed E-state index contributed by atoms with van der Waals surface area (Å²) in [7, 11) is 0. The zero-order valence-corrected chi connectivity index (χ0v) is 23.8. The summed E-state index contributed by atoms with van der Waals surface area (Å²) in [6.07, 6.45) is 3.07. The van der Waals surface area contributed by atoms with Crippen molar-refractivity contribution in [1.29, 1.82) is 0 Å². The van der Waals surface area contributed by atoms with Crippen LogP contribution in [0, 0.1) is 17.5 Å². The lowest BCUT2D eigenvalue weighted by atomic mass is 10.00. The molecule has 2 heterocycles. The van der Waals surface area contributed by atoms with E-state index in [1.807, 2.05) is 6.92 Å². The minimum Gasteiger partial charge on any atom is -0.492 e. The molecular weight excluding hydrogens is 547 g/mol. The zero-order chi connectivity index (χ0) is 30.2. The highest BCUT2D eigenvalue weighted by Gasteiger charge is 2.22. The Labute approximate surface area is 242 Å². The Morgan fingerprint density at radius 2 is 1.69 bits per heavy atom. The van der Waals surface area contributed by atoms with Crippen LogP contribution in [-0.4, -0.2) is 46.7 Å². The first-order valence-electron chi connectivity index (χ1n) is 14.0. The summed E-state index contributed by atoms with van der Waals surface area (Å²) < 4.78 is 49.4. The summed E-state index contributed by atoms with van der Waals surface area (Å²) in [5, 5.41) is 5.17. The number of hydrogen-bond acceptors (Lipinski definition) is 5. The molecule has 0 radical (unpaired) electrons. The second kappa shape index (κ2) is 14.0. The van der Waals surface area contributed by atoms with Gasteiger partial charge in [0.25, 0.3) is 5.56 Å². The number of amides is 2. The van der Waals surface area contributed by atoms with Gasteiger partial charge < -0.3 is 20.3 Å². The number of benzene rings is 2. The number of nitrogens with zero attached hydrogens (tertiary/aromatic N) is 3. The Kier molecular flexibility index (Phi) is 10.2. The lowest BCUT2D eigenvalue weighted by Crippen LogP contribution is -2.30. The van der Waals surface area contributed by atoms with Gasteiger partial charge in [-0.2, -0.15) is 0 Å². The van der Waals surface area contributed by atoms with E-state index in [1.54, 1.807) is 42.6 Å². The minimum absolute atomic E-state index is 0.104. The molecule has 0 saturated heterocycles. The molecule has 0 aliphatic carbocycles. The molecule has 0 atom stereocenters. The Morgan fingerprint density at radius 3 is 2.38 bits per heavy atom. The highest BCUT2D eigenvalue weighted by Crippen LogP contribution is 2.35. The van der Waals surface area contributed by atoms with Gasteiger partial charge in [0.15, 0.2) is 11.6 Å². The average molecular weight is 582 g/mol. The van der Waals surface area contributed by atoms with Crippen molar-refractivity contribution in [3.8, 4) is 16.9 Å². The van der Waals surface area contributed by atoms with Crippen LogP contribution in [0.25, 0.3) is 22.2 Å². The van der Waals surface area contributed by atoms with Crippen molar-refractivity contribution < 1.29 is 22.7 Å². The molecular formula is C31H34F3N5O3. The molecule has 222 valence electrons. The first-order chi connectivity index (χ1) is 20.3. The van der Waals surface area contributed by atoms with Crippen molar-refractivity contribution in [2.45, 2.75) is 40.2 Å². The van der Waals surface area contributed by atoms with Crippen molar-refractivity contribution in [3.63, 3.8) is 0 Å². The number of urea groups is 1. The molecule has 0 aliphatic rings. The summed E-state index contributed by atoms with van der Waals surface area (Å²) in [5.41, 5.74) is -0.101. The van der Waals surface area contributed by atoms with E-state index in [0.717, 1.165) is 26.1 Å². The number of ether oxygens (including phenoxy) is 1. The fourth-order valence-corrected chi connectivity index (χ4v) is 4.71. The van der Waals surface area contributed by atoms with E-state index in [0.29, 0.717) is 59.6 Å². The molecule has 2 aromatic carbocycles. The maximum atomic E-state index is 14.3. The van der Waals surface area contributed by atoms with E-state index in [4.69, 9.17) is 4.74 Å². The first-order valence-corrected chi connectivity index (χ1v) is 14.0. The number of anilines is 2. The van der Waals surface area contributed by atoms with Crippen molar-refractivity contribution in [2.24, 2.45) is 0 Å². The molecule has 0 aliphatic heterocycles. The van der Waals surface area contributed by atoms with Crippen molar-refractivity contribution in [1.82, 2.24) is 14.5 Å². The molecule has 0 fully saturated rings. The van der Waals surface area contributed by atoms with Crippen LogP contribution in [0.2, 0.25) is 0 Å². The number of likely N-dealkylation sites (N-methyl/N-ethyl adjacent to an activating group) is 1. The van der Waals surface area contributed by atoms with E-state index in [-0.39, 0.29) is 5.69 Å². The van der Waals surface area contributed by atoms with Crippen LogP contribution in [0.15, 0.2) is 59.5 Å². The summed E-state index contributed by atoms with van der Waals surface area (Å²) in [6, 6.07) is 10.5. The fraction of sp³-hybridized carbons (Fsp3) is 0.323. The average Bonchev–Trinajstić information content (AvgIpc) is 2.97. The highest BCUT2D eigenvalue weighted by atomic mass is 19.1. The van der Waals surface area contributed by atoms with Crippen LogP contribution in [0.1, 0.15) is 33.6 Å². The second-order valence-corrected chi connectivity index (χ2v) is 9.66. The fourth-order valence-electron chi connectivity index (χ4n) is 4.71. The highest BCUT2D eigenvalue weighted by molar-refractivity contribution is 6.07. The number of halogens is 3. The van der Waals surface area contributed by atoms with Crippen molar-refractivity contribution in [3.05, 3.63) is 82.5 Å². The van der Waals surface area contributed by atoms with Crippen LogP contribution in [0.3, 0.4) is 0 Å². The Morgan fingerprint density at radius 1 is 0.976 bits per heavy atom. The molecule has 11 heteroatoms. The number of hydrogen-bond donors (Lipinski definition) is 2. The predicted octanol–water partition coefficient (Wildman–Crippen LogP) is 6.65. The largest absolute Gasteiger partial charge is 0.492 e. The van der Waals surface area contributed by atoms with Gasteiger partial charge in [0.2, 0.25) is 0 Å². The number of rotatable bonds is 12. The Bertz CT molecular complexity index is 1600. The molecule has 42 heavy (non-hydrogen) atoms. The monoisotopic (exact) mass is 581 g/mol. The SMILES string of the molecule is CCCCn1c(=O)c(NC(=O)Nc2c(F)cc(F)cc2F)c(-c2cccc(OCCN(CC)CC)c2)c2cccnc21. The molecule has 0 spiro atoms. The molecule has 2 N–H and O–H groups in total. The number of aryl methyl sites for hydroxylation is 1. The first kappa shape index (κ1) is 30.6. The maximum absolute atomic E-state index is 14.3. The van der Waals surface area contributed by atoms with E-state index >= 15 is 0 Å². The van der Waals surface area contributed by atoms with Gasteiger partial charge in [-0.15, -0.1) is 0 Å². The van der Waals surface area contributed by atoms with Crippen LogP contribution in [0.4, 0.5) is 29.3 Å². The van der Waals surface area contributed by atoms with Crippen LogP contribution < -0.4 is 20.9 Å². The molecule has 2 aromatic heterocycles. The standard InChI is InChI=1S/C31H34F3N5O3/c1-4-7-14-39-29-23(12-9-13-35-29)26(20-10-8-11-22(17-20)42-16-15-38(5-2)6-3)28(30(39)40)37-31(41)36-27-24(33)18-21(32)19-25(27)34/h8-13,17-19H,4-7,14-16H2,1-3H3,(H2,36,37,41). The molecule has 2 amide bonds. The van der Waals surface area contributed by atoms with Gasteiger partial charge in [0.05, 0.1) is 0 Å². The van der Waals surface area contributed by atoms with E-state index in [9.17, 15) is 22.8 Å². The van der Waals surface area contributed by atoms with Gasteiger partial charge in [-0.05, 0) is 49.3 Å². The third-order valence-electron chi connectivity index (χ3n) is 6.93. The molecule has 0 unspecified atom stereocenters. The molecule has 4 rings (SSSR count). The molecule has 8 nitrogen and oxygen atoms in total. The quantitative estimate of drug-likeness (QED) is 0.196.